The van der Waals surface area contributed by atoms with Gasteiger partial charge in [-0.15, -0.1) is 0 Å². The number of hydrogen-bond acceptors (Lipinski definition) is 12. The van der Waals surface area contributed by atoms with Crippen LogP contribution in [0.15, 0.2) is 11.6 Å². The van der Waals surface area contributed by atoms with E-state index in [1.807, 2.05) is 13.8 Å². The standard InChI is InChI=1S/C24H40O12/c1-12(4-5-15-13(8-25)6-14(28)7-23(15,2)3)34-21-19(18(30)17(29)16(9-26)35-21)36-22-20(31)24(32,10-27)11-33-22/h6,12,15-22,25-27,29-32H,4-5,7-11H2,1-3H3/t12?,15?,16-,17-,18+,19-,20+,21-,22+,24-/m1/s1. The van der Waals surface area contributed by atoms with Crippen LogP contribution in [0.5, 0.6) is 0 Å². The van der Waals surface area contributed by atoms with E-state index < -0.39 is 74.6 Å². The van der Waals surface area contributed by atoms with Crippen LogP contribution < -0.4 is 0 Å². The molecule has 7 N–H and O–H groups in total. The smallest absolute Gasteiger partial charge is 0.187 e. The molecule has 36 heavy (non-hydrogen) atoms. The normalized spacial score (nSPS) is 41.8. The van der Waals surface area contributed by atoms with Crippen LogP contribution in [0, 0.1) is 11.3 Å². The van der Waals surface area contributed by atoms with Crippen molar-refractivity contribution < 1.29 is 59.5 Å². The van der Waals surface area contributed by atoms with Gasteiger partial charge in [0, 0.05) is 6.42 Å². The molecule has 12 heteroatoms. The van der Waals surface area contributed by atoms with Gasteiger partial charge in [-0.3, -0.25) is 4.79 Å². The van der Waals surface area contributed by atoms with Crippen molar-refractivity contribution in [3.63, 3.8) is 0 Å². The molecule has 0 aromatic carbocycles. The molecule has 0 spiro atoms. The van der Waals surface area contributed by atoms with Crippen LogP contribution in [0.2, 0.25) is 0 Å². The highest BCUT2D eigenvalue weighted by Gasteiger charge is 2.53. The van der Waals surface area contributed by atoms with Crippen molar-refractivity contribution in [3.8, 4) is 0 Å². The molecule has 0 bridgehead atoms. The summed E-state index contributed by atoms with van der Waals surface area (Å²) in [5.74, 6) is -0.0754. The number of carbonyl (C=O) groups is 1. The van der Waals surface area contributed by atoms with Crippen LogP contribution in [-0.4, -0.2) is 123 Å². The van der Waals surface area contributed by atoms with E-state index in [0.717, 1.165) is 0 Å². The van der Waals surface area contributed by atoms with Crippen molar-refractivity contribution in [2.45, 2.75) is 94.8 Å². The van der Waals surface area contributed by atoms with Gasteiger partial charge in [0.2, 0.25) is 0 Å². The number of ether oxygens (including phenoxy) is 4. The Morgan fingerprint density at radius 3 is 2.42 bits per heavy atom. The average molecular weight is 521 g/mol. The van der Waals surface area contributed by atoms with Crippen LogP contribution in [0.25, 0.3) is 0 Å². The van der Waals surface area contributed by atoms with E-state index in [-0.39, 0.29) is 23.7 Å². The summed E-state index contributed by atoms with van der Waals surface area (Å²) >= 11 is 0. The summed E-state index contributed by atoms with van der Waals surface area (Å²) in [6, 6.07) is 0. The second kappa shape index (κ2) is 11.8. The molecular formula is C24H40O12. The molecule has 1 aliphatic carbocycles. The van der Waals surface area contributed by atoms with Gasteiger partial charge in [0.25, 0.3) is 0 Å². The molecule has 2 heterocycles. The molecule has 208 valence electrons. The van der Waals surface area contributed by atoms with Gasteiger partial charge in [-0.2, -0.15) is 0 Å². The molecule has 10 atom stereocenters. The van der Waals surface area contributed by atoms with Gasteiger partial charge in [-0.05, 0) is 42.7 Å². The summed E-state index contributed by atoms with van der Waals surface area (Å²) in [5.41, 5.74) is -1.63. The summed E-state index contributed by atoms with van der Waals surface area (Å²) in [6.07, 6.45) is -7.51. The lowest BCUT2D eigenvalue weighted by Gasteiger charge is -2.43. The predicted octanol–water partition coefficient (Wildman–Crippen LogP) is -2.03. The third-order valence-corrected chi connectivity index (χ3v) is 7.47. The third-order valence-electron chi connectivity index (χ3n) is 7.47. The lowest BCUT2D eigenvalue weighted by Crippen LogP contribution is -2.62. The first-order chi connectivity index (χ1) is 16.9. The minimum Gasteiger partial charge on any atom is -0.394 e. The Morgan fingerprint density at radius 2 is 1.83 bits per heavy atom. The Morgan fingerprint density at radius 1 is 1.14 bits per heavy atom. The second-order valence-corrected chi connectivity index (χ2v) is 10.8. The van der Waals surface area contributed by atoms with E-state index >= 15 is 0 Å². The first-order valence-electron chi connectivity index (χ1n) is 12.3. The van der Waals surface area contributed by atoms with Crippen LogP contribution in [0.4, 0.5) is 0 Å². The quantitative estimate of drug-likeness (QED) is 0.167. The Kier molecular flexibility index (Phi) is 9.67. The maximum Gasteiger partial charge on any atom is 0.187 e. The predicted molar refractivity (Wildman–Crippen MR) is 122 cm³/mol. The Labute approximate surface area is 210 Å². The molecule has 0 amide bonds. The van der Waals surface area contributed by atoms with Gasteiger partial charge in [-0.1, -0.05) is 13.8 Å². The largest absolute Gasteiger partial charge is 0.394 e. The maximum atomic E-state index is 12.0. The zero-order valence-corrected chi connectivity index (χ0v) is 20.9. The highest BCUT2D eigenvalue weighted by atomic mass is 16.8. The monoisotopic (exact) mass is 520 g/mol. The zero-order valence-electron chi connectivity index (χ0n) is 20.9. The molecule has 2 unspecified atom stereocenters. The summed E-state index contributed by atoms with van der Waals surface area (Å²) in [7, 11) is 0. The summed E-state index contributed by atoms with van der Waals surface area (Å²) in [6.45, 7) is 3.70. The van der Waals surface area contributed by atoms with Crippen LogP contribution in [0.3, 0.4) is 0 Å². The molecular weight excluding hydrogens is 480 g/mol. The number of aliphatic hydroxyl groups excluding tert-OH is 6. The SMILES string of the molecule is CC(CCC1C(CO)=CC(=O)CC1(C)C)O[C@@H]1O[C@H](CO)[C@@H](O)[C@H](O)[C@H]1O[C@@H]1OC[C@](O)(CO)[C@H]1O. The number of rotatable bonds is 10. The van der Waals surface area contributed by atoms with E-state index in [2.05, 4.69) is 0 Å². The van der Waals surface area contributed by atoms with Crippen molar-refractivity contribution >= 4 is 5.78 Å². The van der Waals surface area contributed by atoms with Crippen LogP contribution >= 0.6 is 0 Å². The number of allylic oxidation sites excluding steroid dienone is 1. The lowest BCUT2D eigenvalue weighted by atomic mass is 9.66. The summed E-state index contributed by atoms with van der Waals surface area (Å²) in [4.78, 5) is 12.0. The molecule has 0 saturated carbocycles. The summed E-state index contributed by atoms with van der Waals surface area (Å²) < 4.78 is 22.6. The highest BCUT2D eigenvalue weighted by Crippen LogP contribution is 2.42. The number of ketones is 1. The van der Waals surface area contributed by atoms with Gasteiger partial charge in [0.05, 0.1) is 32.5 Å². The second-order valence-electron chi connectivity index (χ2n) is 10.8. The Bertz CT molecular complexity index is 787. The molecule has 0 aromatic heterocycles. The van der Waals surface area contributed by atoms with E-state index in [1.54, 1.807) is 6.92 Å². The van der Waals surface area contributed by atoms with Gasteiger partial charge in [-0.25, -0.2) is 0 Å². The first kappa shape index (κ1) is 29.5. The van der Waals surface area contributed by atoms with Gasteiger partial charge < -0.3 is 54.7 Å². The van der Waals surface area contributed by atoms with E-state index in [4.69, 9.17) is 18.9 Å². The fourth-order valence-corrected chi connectivity index (χ4v) is 5.24. The molecule has 3 rings (SSSR count). The fourth-order valence-electron chi connectivity index (χ4n) is 5.24. The van der Waals surface area contributed by atoms with Crippen LogP contribution in [-0.2, 0) is 23.7 Å². The molecule has 2 aliphatic heterocycles. The lowest BCUT2D eigenvalue weighted by molar-refractivity contribution is -0.342. The molecule has 3 aliphatic rings. The van der Waals surface area contributed by atoms with E-state index in [9.17, 15) is 40.5 Å². The third kappa shape index (κ3) is 6.16. The molecule has 0 aromatic rings. The number of carbonyl (C=O) groups excluding carboxylic acids is 1. The minimum absolute atomic E-state index is 0.0211. The molecule has 12 nitrogen and oxygen atoms in total. The topological polar surface area (TPSA) is 196 Å². The van der Waals surface area contributed by atoms with Crippen molar-refractivity contribution in [2.75, 3.05) is 26.4 Å². The van der Waals surface area contributed by atoms with Crippen molar-refractivity contribution in [2.24, 2.45) is 11.3 Å². The highest BCUT2D eigenvalue weighted by molar-refractivity contribution is 5.92. The van der Waals surface area contributed by atoms with Crippen LogP contribution in [0.1, 0.15) is 40.0 Å². The molecule has 2 fully saturated rings. The zero-order chi connectivity index (χ0) is 26.8. The van der Waals surface area contributed by atoms with Gasteiger partial charge in [0.15, 0.2) is 18.4 Å². The van der Waals surface area contributed by atoms with E-state index in [1.165, 1.54) is 6.08 Å². The van der Waals surface area contributed by atoms with Crippen molar-refractivity contribution in [1.29, 1.82) is 0 Å². The van der Waals surface area contributed by atoms with E-state index in [0.29, 0.717) is 24.8 Å². The Balaban J connectivity index is 1.69. The average Bonchev–Trinajstić information content (AvgIpc) is 3.10. The molecule has 0 radical (unpaired) electrons. The summed E-state index contributed by atoms with van der Waals surface area (Å²) in [5, 5.41) is 70.3. The number of aliphatic hydroxyl groups is 7. The van der Waals surface area contributed by atoms with Crippen molar-refractivity contribution in [1.82, 2.24) is 0 Å². The first-order valence-corrected chi connectivity index (χ1v) is 12.3. The van der Waals surface area contributed by atoms with Gasteiger partial charge in [0.1, 0.15) is 36.1 Å². The minimum atomic E-state index is -1.95. The fraction of sp³-hybridized carbons (Fsp3) is 0.875. The maximum absolute atomic E-state index is 12.0. The number of hydrogen-bond donors (Lipinski definition) is 7. The van der Waals surface area contributed by atoms with Crippen molar-refractivity contribution in [3.05, 3.63) is 11.6 Å². The Hall–Kier alpha value is -1.03. The van der Waals surface area contributed by atoms with Gasteiger partial charge >= 0.3 is 0 Å². The molecule has 2 saturated heterocycles.